The van der Waals surface area contributed by atoms with Gasteiger partial charge in [-0.05, 0) is 34.1 Å². The number of aliphatic carboxylic acids is 1. The van der Waals surface area contributed by atoms with Crippen LogP contribution < -0.4 is 16.0 Å². The molecule has 0 unspecified atom stereocenters. The maximum Gasteiger partial charge on any atom is 0.407 e. The third-order valence-corrected chi connectivity index (χ3v) is 7.74. The Morgan fingerprint density at radius 1 is 0.837 bits per heavy atom. The van der Waals surface area contributed by atoms with Crippen LogP contribution in [0.4, 0.5) is 4.79 Å². The summed E-state index contributed by atoms with van der Waals surface area (Å²) >= 11 is 0. The highest BCUT2D eigenvalue weighted by Crippen LogP contribution is 2.44. The molecule has 1 aliphatic rings. The van der Waals surface area contributed by atoms with Crippen LogP contribution in [-0.2, 0) is 29.0 Å². The van der Waals surface area contributed by atoms with Crippen molar-refractivity contribution < 1.29 is 37.4 Å². The summed E-state index contributed by atoms with van der Waals surface area (Å²) in [5, 5.41) is 17.8. The quantitative estimate of drug-likeness (QED) is 0.267. The Hall–Kier alpha value is -4.19. The van der Waals surface area contributed by atoms with Crippen molar-refractivity contribution in [2.75, 3.05) is 12.9 Å². The first-order valence-electron chi connectivity index (χ1n) is 14.0. The molecule has 3 rings (SSSR count). The highest BCUT2D eigenvalue weighted by molar-refractivity contribution is 7.93. The second kappa shape index (κ2) is 14.3. The molecule has 12 heteroatoms. The van der Waals surface area contributed by atoms with Gasteiger partial charge in [0.2, 0.25) is 11.8 Å². The van der Waals surface area contributed by atoms with Crippen molar-refractivity contribution in [3.63, 3.8) is 0 Å². The van der Waals surface area contributed by atoms with Crippen LogP contribution in [0.1, 0.15) is 51.2 Å². The fourth-order valence-corrected chi connectivity index (χ4v) is 5.42. The molecule has 0 radical (unpaired) electrons. The third kappa shape index (κ3) is 9.15. The molecular formula is C31H39N3O8S. The van der Waals surface area contributed by atoms with E-state index in [0.29, 0.717) is 0 Å². The molecule has 2 aromatic carbocycles. The molecule has 11 nitrogen and oxygen atoms in total. The molecule has 0 aliphatic heterocycles. The average Bonchev–Trinajstić information content (AvgIpc) is 3.24. The fourth-order valence-electron chi connectivity index (χ4n) is 4.95. The zero-order chi connectivity index (χ0) is 31.9. The normalized spacial score (nSPS) is 15.0. The van der Waals surface area contributed by atoms with E-state index in [1.165, 1.54) is 0 Å². The summed E-state index contributed by atoms with van der Waals surface area (Å²) in [6, 6.07) is 12.6. The van der Waals surface area contributed by atoms with E-state index in [4.69, 9.17) is 4.74 Å². The average molecular weight is 614 g/mol. The second-order valence-electron chi connectivity index (χ2n) is 11.3. The molecule has 1 aliphatic carbocycles. The molecule has 0 aromatic heterocycles. The van der Waals surface area contributed by atoms with Crippen molar-refractivity contribution in [3.05, 3.63) is 71.1 Å². The molecule has 0 fully saturated rings. The summed E-state index contributed by atoms with van der Waals surface area (Å²) < 4.78 is 28.6. The highest BCUT2D eigenvalue weighted by atomic mass is 32.2. The van der Waals surface area contributed by atoms with Crippen LogP contribution in [0.3, 0.4) is 0 Å². The Labute approximate surface area is 252 Å². The molecule has 0 bridgehead atoms. The van der Waals surface area contributed by atoms with Crippen molar-refractivity contribution in [1.82, 2.24) is 16.0 Å². The van der Waals surface area contributed by atoms with Crippen molar-refractivity contribution in [2.45, 2.75) is 58.2 Å². The molecule has 43 heavy (non-hydrogen) atoms. The van der Waals surface area contributed by atoms with Crippen molar-refractivity contribution in [2.24, 2.45) is 11.8 Å². The van der Waals surface area contributed by atoms with Gasteiger partial charge in [0.25, 0.3) is 0 Å². The van der Waals surface area contributed by atoms with Gasteiger partial charge >= 0.3 is 12.1 Å². The third-order valence-electron chi connectivity index (χ3n) is 7.09. The maximum atomic E-state index is 13.3. The van der Waals surface area contributed by atoms with E-state index in [1.807, 2.05) is 48.5 Å². The van der Waals surface area contributed by atoms with Crippen LogP contribution in [0.5, 0.6) is 0 Å². The van der Waals surface area contributed by atoms with Crippen molar-refractivity contribution in [1.29, 1.82) is 0 Å². The summed E-state index contributed by atoms with van der Waals surface area (Å²) in [7, 11) is -3.57. The zero-order valence-corrected chi connectivity index (χ0v) is 25.7. The van der Waals surface area contributed by atoms with Crippen LogP contribution in [0.25, 0.3) is 11.1 Å². The molecule has 3 amide bonds. The molecular weight excluding hydrogens is 574 g/mol. The highest BCUT2D eigenvalue weighted by Gasteiger charge is 2.33. The Morgan fingerprint density at radius 2 is 1.33 bits per heavy atom. The molecule has 232 valence electrons. The van der Waals surface area contributed by atoms with Gasteiger partial charge in [0.1, 0.15) is 18.7 Å². The van der Waals surface area contributed by atoms with Crippen LogP contribution in [-0.4, -0.2) is 68.4 Å². The predicted octanol–water partition coefficient (Wildman–Crippen LogP) is 3.21. The minimum Gasteiger partial charge on any atom is -0.481 e. The molecule has 0 saturated heterocycles. The molecule has 0 saturated carbocycles. The van der Waals surface area contributed by atoms with Crippen LogP contribution in [0.15, 0.2) is 60.0 Å². The minimum atomic E-state index is -3.57. The summed E-state index contributed by atoms with van der Waals surface area (Å²) in [6.45, 7) is 6.91. The standard InChI is InChI=1S/C31H39N3O8S/c1-18(2)27(29(37)32-20(16-26(35)36)14-15-43(5,40)41)33-30(38)28(19(3)4)34-31(39)42-17-25-23-12-8-6-10-21(23)22-11-7-9-13-24(22)25/h6-15,18-20,25,27-28H,16-17H2,1-5H3,(H,32,37)(H,33,38)(H,34,39)(H,35,36)/b15-14+/t20-,27+,28+/m1/s1. The SMILES string of the molecule is CC(C)[C@H](NC(=O)OCC1c2ccccc2-c2ccccc21)C(=O)N[C@H](C(=O)N[C@H](/C=C/S(C)(=O)=O)CC(=O)O)C(C)C. The predicted molar refractivity (Wildman–Crippen MR) is 162 cm³/mol. The Kier molecular flexibility index (Phi) is 11.1. The Balaban J connectivity index is 1.67. The van der Waals surface area contributed by atoms with E-state index in [1.54, 1.807) is 27.7 Å². The first kappa shape index (κ1) is 33.3. The van der Waals surface area contributed by atoms with E-state index >= 15 is 0 Å². The first-order chi connectivity index (χ1) is 20.2. The van der Waals surface area contributed by atoms with Gasteiger partial charge < -0.3 is 25.8 Å². The lowest BCUT2D eigenvalue weighted by Crippen LogP contribution is -2.57. The van der Waals surface area contributed by atoms with Crippen LogP contribution >= 0.6 is 0 Å². The van der Waals surface area contributed by atoms with Gasteiger partial charge in [-0.15, -0.1) is 0 Å². The van der Waals surface area contributed by atoms with Gasteiger partial charge in [-0.3, -0.25) is 14.4 Å². The Bertz CT molecular complexity index is 1440. The molecule has 3 atom stereocenters. The second-order valence-corrected chi connectivity index (χ2v) is 13.2. The van der Waals surface area contributed by atoms with E-state index in [2.05, 4.69) is 16.0 Å². The van der Waals surface area contributed by atoms with E-state index < -0.39 is 64.2 Å². The number of nitrogens with one attached hydrogen (secondary N) is 3. The fraction of sp³-hybridized carbons (Fsp3) is 0.419. The number of alkyl carbamates (subject to hydrolysis) is 1. The number of carboxylic acid groups (broad SMARTS) is 1. The smallest absolute Gasteiger partial charge is 0.407 e. The lowest BCUT2D eigenvalue weighted by molar-refractivity contribution is -0.137. The van der Waals surface area contributed by atoms with Gasteiger partial charge in [-0.1, -0.05) is 82.3 Å². The topological polar surface area (TPSA) is 168 Å². The number of amides is 3. The number of fused-ring (bicyclic) bond motifs is 3. The molecule has 4 N–H and O–H groups in total. The maximum absolute atomic E-state index is 13.3. The number of benzene rings is 2. The number of hydrogen-bond acceptors (Lipinski definition) is 7. The summed E-state index contributed by atoms with van der Waals surface area (Å²) in [6.07, 6.45) is 0.675. The monoisotopic (exact) mass is 613 g/mol. The van der Waals surface area contributed by atoms with Gasteiger partial charge in [0.15, 0.2) is 9.84 Å². The van der Waals surface area contributed by atoms with Gasteiger partial charge in [-0.25, -0.2) is 13.2 Å². The number of carbonyl (C=O) groups is 4. The Morgan fingerprint density at radius 3 is 1.81 bits per heavy atom. The number of ether oxygens (including phenoxy) is 1. The molecule has 0 spiro atoms. The number of rotatable bonds is 13. The lowest BCUT2D eigenvalue weighted by atomic mass is 9.98. The van der Waals surface area contributed by atoms with E-state index in [-0.39, 0.29) is 18.4 Å². The minimum absolute atomic E-state index is 0.0648. The lowest BCUT2D eigenvalue weighted by Gasteiger charge is -2.28. The summed E-state index contributed by atoms with van der Waals surface area (Å²) in [5.41, 5.74) is 4.27. The first-order valence-corrected chi connectivity index (χ1v) is 16.0. The van der Waals surface area contributed by atoms with Gasteiger partial charge in [-0.2, -0.15) is 0 Å². The molecule has 0 heterocycles. The van der Waals surface area contributed by atoms with E-state index in [0.717, 1.165) is 40.0 Å². The summed E-state index contributed by atoms with van der Waals surface area (Å²) in [4.78, 5) is 50.5. The van der Waals surface area contributed by atoms with Crippen LogP contribution in [0.2, 0.25) is 0 Å². The van der Waals surface area contributed by atoms with Crippen LogP contribution in [0, 0.1) is 11.8 Å². The molecule has 2 aromatic rings. The number of carbonyl (C=O) groups excluding carboxylic acids is 3. The van der Waals surface area contributed by atoms with E-state index in [9.17, 15) is 32.7 Å². The zero-order valence-electron chi connectivity index (χ0n) is 24.9. The largest absolute Gasteiger partial charge is 0.481 e. The van der Waals surface area contributed by atoms with Gasteiger partial charge in [0.05, 0.1) is 12.5 Å². The van der Waals surface area contributed by atoms with Crippen molar-refractivity contribution in [3.8, 4) is 11.1 Å². The van der Waals surface area contributed by atoms with Crippen molar-refractivity contribution >= 4 is 33.7 Å². The number of sulfone groups is 1. The van der Waals surface area contributed by atoms with Gasteiger partial charge in [0, 0.05) is 17.6 Å². The number of carboxylic acids is 1. The summed E-state index contributed by atoms with van der Waals surface area (Å²) in [5.74, 6) is -3.52. The number of hydrogen-bond donors (Lipinski definition) is 4.